The molecule has 2 aromatic heterocycles. The lowest BCUT2D eigenvalue weighted by Gasteiger charge is -2.22. The number of furan rings is 2. The Kier molecular flexibility index (Phi) is 4.01. The second-order valence-electron chi connectivity index (χ2n) is 6.94. The van der Waals surface area contributed by atoms with Crippen molar-refractivity contribution in [1.82, 2.24) is 4.90 Å². The van der Waals surface area contributed by atoms with Gasteiger partial charge in [-0.15, -0.1) is 0 Å². The van der Waals surface area contributed by atoms with Crippen LogP contribution < -0.4 is 4.74 Å². The average Bonchev–Trinajstić information content (AvgIpc) is 3.51. The average molecular weight is 391 g/mol. The lowest BCUT2D eigenvalue weighted by atomic mass is 9.98. The van der Waals surface area contributed by atoms with Crippen LogP contribution in [0.2, 0.25) is 0 Å². The number of nitrogens with zero attached hydrogens (tertiary/aromatic N) is 1. The van der Waals surface area contributed by atoms with Gasteiger partial charge in [-0.2, -0.15) is 0 Å². The van der Waals surface area contributed by atoms with Gasteiger partial charge in [0.15, 0.2) is 0 Å². The Balaban J connectivity index is 1.62. The Morgan fingerprint density at radius 2 is 1.93 bits per heavy atom. The van der Waals surface area contributed by atoms with Gasteiger partial charge in [-0.25, -0.2) is 0 Å². The molecule has 4 heterocycles. The highest BCUT2D eigenvalue weighted by molar-refractivity contribution is 6.46. The van der Waals surface area contributed by atoms with Gasteiger partial charge in [0.25, 0.3) is 11.7 Å². The topological polar surface area (TPSA) is 93.1 Å². The number of amides is 1. The standard InChI is InChI=1S/C22H17NO6/c24-20(14-5-6-16-13(11-14)7-10-29-16)18-19(17-4-2-9-28-17)23(22(26)21(18)25)12-15-3-1-8-27-15/h1-6,8-9,11,19,24H,7,10,12H2/b20-18-. The lowest BCUT2D eigenvalue weighted by molar-refractivity contribution is -0.140. The molecule has 1 aromatic carbocycles. The Labute approximate surface area is 165 Å². The number of carbonyl (C=O) groups is 2. The third kappa shape index (κ3) is 2.82. The summed E-state index contributed by atoms with van der Waals surface area (Å²) in [5, 5.41) is 11.0. The molecule has 1 N–H and O–H groups in total. The number of likely N-dealkylation sites (tertiary alicyclic amines) is 1. The fourth-order valence-corrected chi connectivity index (χ4v) is 3.85. The number of ether oxygens (including phenoxy) is 1. The van der Waals surface area contributed by atoms with Crippen LogP contribution in [0.1, 0.15) is 28.7 Å². The quantitative estimate of drug-likeness (QED) is 0.416. The van der Waals surface area contributed by atoms with Gasteiger partial charge in [0, 0.05) is 12.0 Å². The predicted octanol–water partition coefficient (Wildman–Crippen LogP) is 3.43. The molecule has 2 aliphatic rings. The molecule has 0 bridgehead atoms. The molecule has 146 valence electrons. The van der Waals surface area contributed by atoms with E-state index in [1.54, 1.807) is 42.5 Å². The van der Waals surface area contributed by atoms with E-state index in [4.69, 9.17) is 13.6 Å². The molecule has 1 saturated heterocycles. The molecule has 1 unspecified atom stereocenters. The van der Waals surface area contributed by atoms with Crippen LogP contribution in [0.15, 0.2) is 69.4 Å². The van der Waals surface area contributed by atoms with E-state index in [0.717, 1.165) is 17.7 Å². The molecular weight excluding hydrogens is 374 g/mol. The number of hydrogen-bond acceptors (Lipinski definition) is 6. The van der Waals surface area contributed by atoms with Crippen LogP contribution in [-0.4, -0.2) is 28.3 Å². The van der Waals surface area contributed by atoms with Crippen molar-refractivity contribution in [3.63, 3.8) is 0 Å². The third-order valence-corrected chi connectivity index (χ3v) is 5.22. The van der Waals surface area contributed by atoms with E-state index in [1.807, 2.05) is 0 Å². The summed E-state index contributed by atoms with van der Waals surface area (Å²) < 4.78 is 16.4. The van der Waals surface area contributed by atoms with E-state index < -0.39 is 17.7 Å². The summed E-state index contributed by atoms with van der Waals surface area (Å²) in [6.07, 6.45) is 3.69. The van der Waals surface area contributed by atoms with E-state index in [-0.39, 0.29) is 17.9 Å². The summed E-state index contributed by atoms with van der Waals surface area (Å²) in [7, 11) is 0. The monoisotopic (exact) mass is 391 g/mol. The Hall–Kier alpha value is -3.74. The van der Waals surface area contributed by atoms with Gasteiger partial charge >= 0.3 is 0 Å². The normalized spacial score (nSPS) is 20.1. The Morgan fingerprint density at radius 3 is 2.69 bits per heavy atom. The molecular formula is C22H17NO6. The van der Waals surface area contributed by atoms with Gasteiger partial charge in [-0.05, 0) is 48.0 Å². The van der Waals surface area contributed by atoms with Crippen LogP contribution in [0.3, 0.4) is 0 Å². The fourth-order valence-electron chi connectivity index (χ4n) is 3.85. The minimum absolute atomic E-state index is 0.00429. The van der Waals surface area contributed by atoms with Crippen LogP contribution in [0, 0.1) is 0 Å². The second kappa shape index (κ2) is 6.70. The summed E-state index contributed by atoms with van der Waals surface area (Å²) in [5.41, 5.74) is 1.41. The maximum absolute atomic E-state index is 12.9. The molecule has 0 saturated carbocycles. The molecule has 7 nitrogen and oxygen atoms in total. The Bertz CT molecular complexity index is 1110. The summed E-state index contributed by atoms with van der Waals surface area (Å²) in [6, 6.07) is 11.2. The number of aliphatic hydroxyl groups is 1. The van der Waals surface area contributed by atoms with Crippen LogP contribution in [0.4, 0.5) is 0 Å². The first kappa shape index (κ1) is 17.4. The van der Waals surface area contributed by atoms with Crippen LogP contribution in [-0.2, 0) is 22.6 Å². The maximum atomic E-state index is 12.9. The zero-order chi connectivity index (χ0) is 20.0. The molecule has 1 fully saturated rings. The predicted molar refractivity (Wildman–Crippen MR) is 101 cm³/mol. The number of hydrogen-bond donors (Lipinski definition) is 1. The van der Waals surface area contributed by atoms with E-state index in [1.165, 1.54) is 17.4 Å². The largest absolute Gasteiger partial charge is 0.507 e. The first-order valence-electron chi connectivity index (χ1n) is 9.24. The number of rotatable bonds is 4. The number of fused-ring (bicyclic) bond motifs is 1. The van der Waals surface area contributed by atoms with Crippen molar-refractivity contribution in [3.05, 3.63) is 83.2 Å². The number of ketones is 1. The van der Waals surface area contributed by atoms with Crippen molar-refractivity contribution in [2.24, 2.45) is 0 Å². The molecule has 3 aromatic rings. The van der Waals surface area contributed by atoms with Crippen LogP contribution >= 0.6 is 0 Å². The number of carbonyl (C=O) groups excluding carboxylic acids is 2. The highest BCUT2D eigenvalue weighted by Crippen LogP contribution is 2.41. The van der Waals surface area contributed by atoms with E-state index in [2.05, 4.69) is 0 Å². The molecule has 2 aliphatic heterocycles. The maximum Gasteiger partial charge on any atom is 0.296 e. The highest BCUT2D eigenvalue weighted by Gasteiger charge is 2.47. The fraction of sp³-hybridized carbons (Fsp3) is 0.182. The smallest absolute Gasteiger partial charge is 0.296 e. The SMILES string of the molecule is O=C1C(=O)N(Cc2ccco2)C(c2ccco2)/C1=C(/O)c1ccc2c(c1)CCO2. The van der Waals surface area contributed by atoms with Crippen molar-refractivity contribution in [3.8, 4) is 5.75 Å². The molecule has 7 heteroatoms. The summed E-state index contributed by atoms with van der Waals surface area (Å²) in [4.78, 5) is 27.0. The zero-order valence-corrected chi connectivity index (χ0v) is 15.3. The van der Waals surface area contributed by atoms with E-state index >= 15 is 0 Å². The first-order chi connectivity index (χ1) is 14.1. The van der Waals surface area contributed by atoms with Crippen molar-refractivity contribution in [2.75, 3.05) is 6.61 Å². The molecule has 0 spiro atoms. The van der Waals surface area contributed by atoms with E-state index in [9.17, 15) is 14.7 Å². The molecule has 0 radical (unpaired) electrons. The summed E-state index contributed by atoms with van der Waals surface area (Å²) in [5.74, 6) is -0.0234. The van der Waals surface area contributed by atoms with Crippen LogP contribution in [0.25, 0.3) is 5.76 Å². The number of benzene rings is 1. The minimum atomic E-state index is -0.848. The zero-order valence-electron chi connectivity index (χ0n) is 15.3. The van der Waals surface area contributed by atoms with Crippen LogP contribution in [0.5, 0.6) is 5.75 Å². The summed E-state index contributed by atoms with van der Waals surface area (Å²) in [6.45, 7) is 0.664. The van der Waals surface area contributed by atoms with Crippen molar-refractivity contribution >= 4 is 17.4 Å². The van der Waals surface area contributed by atoms with Crippen molar-refractivity contribution < 1.29 is 28.3 Å². The first-order valence-corrected chi connectivity index (χ1v) is 9.24. The third-order valence-electron chi connectivity index (χ3n) is 5.22. The molecule has 29 heavy (non-hydrogen) atoms. The summed E-state index contributed by atoms with van der Waals surface area (Å²) >= 11 is 0. The molecule has 5 rings (SSSR count). The van der Waals surface area contributed by atoms with E-state index in [0.29, 0.717) is 23.7 Å². The minimum Gasteiger partial charge on any atom is -0.507 e. The Morgan fingerprint density at radius 1 is 1.10 bits per heavy atom. The van der Waals surface area contributed by atoms with Gasteiger partial charge in [0.2, 0.25) is 0 Å². The number of aliphatic hydroxyl groups excluding tert-OH is 1. The highest BCUT2D eigenvalue weighted by atomic mass is 16.5. The van der Waals surface area contributed by atoms with Gasteiger partial charge in [-0.3, -0.25) is 9.59 Å². The molecule has 1 amide bonds. The van der Waals surface area contributed by atoms with Gasteiger partial charge in [0.05, 0.1) is 31.3 Å². The van der Waals surface area contributed by atoms with Crippen molar-refractivity contribution in [2.45, 2.75) is 19.0 Å². The molecule has 1 atom stereocenters. The second-order valence-corrected chi connectivity index (χ2v) is 6.94. The van der Waals surface area contributed by atoms with Gasteiger partial charge in [0.1, 0.15) is 29.1 Å². The lowest BCUT2D eigenvalue weighted by Crippen LogP contribution is -2.28. The van der Waals surface area contributed by atoms with Crippen molar-refractivity contribution in [1.29, 1.82) is 0 Å². The number of Topliss-reactive ketones (excluding diaryl/α,β-unsaturated/α-hetero) is 1. The van der Waals surface area contributed by atoms with Gasteiger partial charge in [-0.1, -0.05) is 0 Å². The van der Waals surface area contributed by atoms with Gasteiger partial charge < -0.3 is 23.6 Å². The molecule has 0 aliphatic carbocycles.